The van der Waals surface area contributed by atoms with Crippen LogP contribution in [0.15, 0.2) is 0 Å². The molecule has 0 atom stereocenters. The zero-order valence-corrected chi connectivity index (χ0v) is 11.4. The number of nitrogens with two attached hydrogens (primary N) is 1. The van der Waals surface area contributed by atoms with E-state index in [1.807, 2.05) is 6.92 Å². The van der Waals surface area contributed by atoms with Gasteiger partial charge in [0, 0.05) is 5.92 Å². The van der Waals surface area contributed by atoms with Gasteiger partial charge >= 0.3 is 5.97 Å². The number of thiazole rings is 1. The molecule has 4 nitrogen and oxygen atoms in total. The zero-order chi connectivity index (χ0) is 12.8. The predicted molar refractivity (Wildman–Crippen MR) is 69.8 cm³/mol. The molecule has 98 valence electrons. The van der Waals surface area contributed by atoms with E-state index in [4.69, 9.17) is 10.5 Å². The molecular formula is C13H18N2O2S. The van der Waals surface area contributed by atoms with Crippen molar-refractivity contribution in [1.29, 1.82) is 0 Å². The molecule has 2 N–H and O–H groups in total. The minimum atomic E-state index is -0.279. The van der Waals surface area contributed by atoms with E-state index in [9.17, 15) is 4.79 Å². The van der Waals surface area contributed by atoms with Crippen LogP contribution in [0.5, 0.6) is 0 Å². The first-order valence-corrected chi connectivity index (χ1v) is 7.43. The van der Waals surface area contributed by atoms with E-state index in [0.717, 1.165) is 42.8 Å². The van der Waals surface area contributed by atoms with Crippen LogP contribution in [-0.4, -0.2) is 17.6 Å². The topological polar surface area (TPSA) is 65.2 Å². The molecule has 0 amide bonds. The smallest absolute Gasteiger partial charge is 0.350 e. The molecule has 0 bridgehead atoms. The van der Waals surface area contributed by atoms with Crippen molar-refractivity contribution in [3.05, 3.63) is 15.6 Å². The Morgan fingerprint density at radius 3 is 2.78 bits per heavy atom. The number of hydrogen-bond acceptors (Lipinski definition) is 5. The number of carbonyl (C=O) groups is 1. The number of ether oxygens (including phenoxy) is 1. The molecule has 2 aliphatic carbocycles. The van der Waals surface area contributed by atoms with Gasteiger partial charge in [0.05, 0.1) is 17.8 Å². The summed E-state index contributed by atoms with van der Waals surface area (Å²) in [6.07, 6.45) is 5.38. The summed E-state index contributed by atoms with van der Waals surface area (Å²) in [6, 6.07) is 0. The molecule has 1 aromatic heterocycles. The van der Waals surface area contributed by atoms with Crippen molar-refractivity contribution < 1.29 is 9.53 Å². The summed E-state index contributed by atoms with van der Waals surface area (Å²) in [4.78, 5) is 17.3. The lowest BCUT2D eigenvalue weighted by molar-refractivity contribution is 0.0530. The van der Waals surface area contributed by atoms with Gasteiger partial charge in [-0.05, 0) is 39.0 Å². The van der Waals surface area contributed by atoms with Crippen LogP contribution in [0.2, 0.25) is 0 Å². The van der Waals surface area contributed by atoms with Gasteiger partial charge in [-0.1, -0.05) is 0 Å². The average molecular weight is 266 g/mol. The van der Waals surface area contributed by atoms with Crippen LogP contribution in [0.1, 0.15) is 65.3 Å². The predicted octanol–water partition coefficient (Wildman–Crippen LogP) is 2.54. The molecule has 0 spiro atoms. The van der Waals surface area contributed by atoms with E-state index in [-0.39, 0.29) is 11.5 Å². The van der Waals surface area contributed by atoms with Gasteiger partial charge in [0.2, 0.25) is 0 Å². The fraction of sp³-hybridized carbons (Fsp3) is 0.692. The Balaban J connectivity index is 1.93. The zero-order valence-electron chi connectivity index (χ0n) is 10.6. The molecule has 2 aliphatic rings. The Bertz CT molecular complexity index is 475. The molecule has 0 saturated heterocycles. The fourth-order valence-corrected chi connectivity index (χ4v) is 3.50. The van der Waals surface area contributed by atoms with Crippen LogP contribution >= 0.6 is 11.3 Å². The Labute approximate surface area is 111 Å². The Morgan fingerprint density at radius 1 is 1.56 bits per heavy atom. The number of rotatable bonds is 4. The van der Waals surface area contributed by atoms with E-state index >= 15 is 0 Å². The van der Waals surface area contributed by atoms with E-state index in [1.165, 1.54) is 11.3 Å². The Morgan fingerprint density at radius 2 is 2.28 bits per heavy atom. The lowest BCUT2D eigenvalue weighted by Crippen LogP contribution is -2.43. The maximum Gasteiger partial charge on any atom is 0.350 e. The molecular weight excluding hydrogens is 248 g/mol. The summed E-state index contributed by atoms with van der Waals surface area (Å²) in [5.74, 6) is 0.226. The van der Waals surface area contributed by atoms with Gasteiger partial charge < -0.3 is 10.5 Å². The number of esters is 1. The summed E-state index contributed by atoms with van der Waals surface area (Å²) < 4.78 is 5.11. The summed E-state index contributed by atoms with van der Waals surface area (Å²) in [5, 5.41) is 0.929. The van der Waals surface area contributed by atoms with Gasteiger partial charge in [0.15, 0.2) is 0 Å². The monoisotopic (exact) mass is 266 g/mol. The van der Waals surface area contributed by atoms with Crippen molar-refractivity contribution in [2.75, 3.05) is 6.61 Å². The number of carbonyl (C=O) groups excluding carboxylic acids is 1. The van der Waals surface area contributed by atoms with Crippen LogP contribution in [0, 0.1) is 0 Å². The highest BCUT2D eigenvalue weighted by atomic mass is 32.1. The standard InChI is InChI=1S/C13H18N2O2S/c1-2-17-11(16)10-9(8-4-5-8)15-12(18-10)13(14)6-3-7-13/h8H,2-7,14H2,1H3. The highest BCUT2D eigenvalue weighted by Gasteiger charge is 2.41. The second kappa shape index (κ2) is 4.31. The lowest BCUT2D eigenvalue weighted by Gasteiger charge is -2.35. The third-order valence-electron chi connectivity index (χ3n) is 3.75. The molecule has 3 rings (SSSR count). The highest BCUT2D eigenvalue weighted by molar-refractivity contribution is 7.13. The van der Waals surface area contributed by atoms with E-state index < -0.39 is 0 Å². The highest BCUT2D eigenvalue weighted by Crippen LogP contribution is 2.47. The van der Waals surface area contributed by atoms with Crippen LogP contribution in [0.3, 0.4) is 0 Å². The van der Waals surface area contributed by atoms with Crippen molar-refractivity contribution in [2.45, 2.75) is 50.5 Å². The third-order valence-corrected chi connectivity index (χ3v) is 5.02. The van der Waals surface area contributed by atoms with Crippen molar-refractivity contribution >= 4 is 17.3 Å². The Hall–Kier alpha value is -0.940. The normalized spacial score (nSPS) is 21.4. The van der Waals surface area contributed by atoms with Crippen LogP contribution in [0.4, 0.5) is 0 Å². The number of aromatic nitrogens is 1. The van der Waals surface area contributed by atoms with Crippen LogP contribution < -0.4 is 5.73 Å². The Kier molecular flexibility index (Phi) is 2.90. The fourth-order valence-electron chi connectivity index (χ4n) is 2.29. The van der Waals surface area contributed by atoms with Gasteiger partial charge in [-0.25, -0.2) is 9.78 Å². The SMILES string of the molecule is CCOC(=O)c1sc(C2(N)CCC2)nc1C1CC1. The molecule has 5 heteroatoms. The van der Waals surface area contributed by atoms with E-state index in [0.29, 0.717) is 17.4 Å². The van der Waals surface area contributed by atoms with Gasteiger partial charge in [-0.2, -0.15) is 0 Å². The number of nitrogens with zero attached hydrogens (tertiary/aromatic N) is 1. The molecule has 2 fully saturated rings. The average Bonchev–Trinajstić information content (AvgIpc) is 3.05. The summed E-state index contributed by atoms with van der Waals surface area (Å²) in [6.45, 7) is 2.23. The second-order valence-corrected chi connectivity index (χ2v) is 6.24. The minimum absolute atomic E-state index is 0.230. The first kappa shape index (κ1) is 12.1. The van der Waals surface area contributed by atoms with E-state index in [1.54, 1.807) is 0 Å². The molecule has 18 heavy (non-hydrogen) atoms. The first-order valence-electron chi connectivity index (χ1n) is 6.61. The quantitative estimate of drug-likeness (QED) is 0.850. The largest absolute Gasteiger partial charge is 0.462 e. The van der Waals surface area contributed by atoms with Crippen molar-refractivity contribution in [3.63, 3.8) is 0 Å². The molecule has 0 aliphatic heterocycles. The van der Waals surface area contributed by atoms with Crippen LogP contribution in [-0.2, 0) is 10.3 Å². The summed E-state index contributed by atoms with van der Waals surface area (Å²) >= 11 is 1.45. The number of hydrogen-bond donors (Lipinski definition) is 1. The van der Waals surface area contributed by atoms with Gasteiger partial charge in [-0.15, -0.1) is 11.3 Å². The molecule has 1 aromatic rings. The third kappa shape index (κ3) is 1.95. The maximum atomic E-state index is 12.0. The van der Waals surface area contributed by atoms with Crippen molar-refractivity contribution in [2.24, 2.45) is 5.73 Å². The summed E-state index contributed by atoms with van der Waals surface area (Å²) in [7, 11) is 0. The van der Waals surface area contributed by atoms with Crippen molar-refractivity contribution in [1.82, 2.24) is 4.98 Å². The first-order chi connectivity index (χ1) is 8.64. The molecule has 0 aromatic carbocycles. The summed E-state index contributed by atoms with van der Waals surface area (Å²) in [5.41, 5.74) is 6.95. The minimum Gasteiger partial charge on any atom is -0.462 e. The maximum absolute atomic E-state index is 12.0. The molecule has 0 radical (unpaired) electrons. The molecule has 1 heterocycles. The van der Waals surface area contributed by atoms with E-state index in [2.05, 4.69) is 4.98 Å². The van der Waals surface area contributed by atoms with Gasteiger partial charge in [0.1, 0.15) is 9.88 Å². The van der Waals surface area contributed by atoms with Crippen molar-refractivity contribution in [3.8, 4) is 0 Å². The van der Waals surface area contributed by atoms with Gasteiger partial charge in [-0.3, -0.25) is 0 Å². The molecule has 2 saturated carbocycles. The second-order valence-electron chi connectivity index (χ2n) is 5.24. The molecule has 0 unspecified atom stereocenters. The lowest BCUT2D eigenvalue weighted by atomic mass is 9.78. The van der Waals surface area contributed by atoms with Gasteiger partial charge in [0.25, 0.3) is 0 Å². The van der Waals surface area contributed by atoms with Crippen LogP contribution in [0.25, 0.3) is 0 Å².